The molecule has 1 aromatic carbocycles. The van der Waals surface area contributed by atoms with E-state index in [1.165, 1.54) is 11.1 Å². The second kappa shape index (κ2) is 4.47. The molecule has 14 heavy (non-hydrogen) atoms. The molecular formula is C13H13Cl. The molecule has 0 unspecified atom stereocenters. The summed E-state index contributed by atoms with van der Waals surface area (Å²) in [4.78, 5) is 0. The molecule has 1 heteroatoms. The van der Waals surface area contributed by atoms with Gasteiger partial charge in [0.25, 0.3) is 0 Å². The first-order valence-corrected chi connectivity index (χ1v) is 5.31. The normalized spacial score (nSPS) is 16.1. The Morgan fingerprint density at radius 2 is 1.93 bits per heavy atom. The lowest BCUT2D eigenvalue weighted by atomic mass is 9.98. The third-order valence-electron chi connectivity index (χ3n) is 2.42. The van der Waals surface area contributed by atoms with Gasteiger partial charge in [0.1, 0.15) is 0 Å². The van der Waals surface area contributed by atoms with Gasteiger partial charge in [-0.2, -0.15) is 0 Å². The summed E-state index contributed by atoms with van der Waals surface area (Å²) in [5.74, 6) is 0. The molecule has 1 aliphatic rings. The molecule has 0 atom stereocenters. The number of halogens is 1. The van der Waals surface area contributed by atoms with E-state index < -0.39 is 0 Å². The van der Waals surface area contributed by atoms with Gasteiger partial charge in [-0.15, -0.1) is 0 Å². The maximum Gasteiger partial charge on any atom is 0.0365 e. The quantitative estimate of drug-likeness (QED) is 0.681. The first-order valence-electron chi connectivity index (χ1n) is 4.93. The Kier molecular flexibility index (Phi) is 3.05. The average molecular weight is 205 g/mol. The summed E-state index contributed by atoms with van der Waals surface area (Å²) in [7, 11) is 0. The van der Waals surface area contributed by atoms with Crippen LogP contribution in [0.25, 0.3) is 0 Å². The van der Waals surface area contributed by atoms with Crippen LogP contribution in [-0.2, 0) is 6.42 Å². The van der Waals surface area contributed by atoms with Gasteiger partial charge in [-0.1, -0.05) is 53.6 Å². The molecule has 0 nitrogen and oxygen atoms in total. The van der Waals surface area contributed by atoms with Crippen LogP contribution in [0.2, 0.25) is 0 Å². The molecule has 0 bridgehead atoms. The minimum atomic E-state index is 0.891. The number of benzene rings is 1. The highest BCUT2D eigenvalue weighted by molar-refractivity contribution is 6.31. The molecule has 0 radical (unpaired) electrons. The van der Waals surface area contributed by atoms with Gasteiger partial charge in [-0.3, -0.25) is 0 Å². The standard InChI is InChI=1S/C13H13Cl/c14-13-8-4-7-12(10-13)9-11-5-2-1-3-6-11/h1-3,5-6,8,10H,4,7,9H2. The predicted octanol–water partition coefficient (Wildman–Crippen LogP) is 4.07. The molecule has 0 N–H and O–H groups in total. The fourth-order valence-electron chi connectivity index (χ4n) is 1.72. The predicted molar refractivity (Wildman–Crippen MR) is 61.4 cm³/mol. The van der Waals surface area contributed by atoms with Gasteiger partial charge < -0.3 is 0 Å². The fraction of sp³-hybridized carbons (Fsp3) is 0.231. The highest BCUT2D eigenvalue weighted by Gasteiger charge is 2.04. The van der Waals surface area contributed by atoms with Gasteiger partial charge in [0.2, 0.25) is 0 Å². The van der Waals surface area contributed by atoms with Gasteiger partial charge in [0.15, 0.2) is 0 Å². The second-order valence-corrected chi connectivity index (χ2v) is 4.03. The van der Waals surface area contributed by atoms with Gasteiger partial charge >= 0.3 is 0 Å². The van der Waals surface area contributed by atoms with E-state index in [0.29, 0.717) is 0 Å². The lowest BCUT2D eigenvalue weighted by molar-refractivity contribution is 0.908. The van der Waals surface area contributed by atoms with Crippen LogP contribution in [0.15, 0.2) is 53.1 Å². The lowest BCUT2D eigenvalue weighted by Gasteiger charge is -2.10. The molecule has 2 rings (SSSR count). The average Bonchev–Trinajstić information content (AvgIpc) is 2.19. The zero-order chi connectivity index (χ0) is 9.80. The molecule has 0 amide bonds. The Labute approximate surface area is 89.9 Å². The topological polar surface area (TPSA) is 0 Å². The van der Waals surface area contributed by atoms with Crippen molar-refractivity contribution in [1.82, 2.24) is 0 Å². The Bertz CT molecular complexity index is 360. The van der Waals surface area contributed by atoms with E-state index in [4.69, 9.17) is 11.6 Å². The summed E-state index contributed by atoms with van der Waals surface area (Å²) in [5.41, 5.74) is 2.80. The summed E-state index contributed by atoms with van der Waals surface area (Å²) < 4.78 is 0. The molecule has 72 valence electrons. The van der Waals surface area contributed by atoms with Crippen molar-refractivity contribution in [2.24, 2.45) is 0 Å². The summed E-state index contributed by atoms with van der Waals surface area (Å²) in [6.07, 6.45) is 7.43. The summed E-state index contributed by atoms with van der Waals surface area (Å²) in [5, 5.41) is 0.891. The minimum Gasteiger partial charge on any atom is -0.0847 e. The molecule has 0 saturated heterocycles. The first kappa shape index (κ1) is 9.54. The van der Waals surface area contributed by atoms with E-state index in [9.17, 15) is 0 Å². The smallest absolute Gasteiger partial charge is 0.0365 e. The third kappa shape index (κ3) is 2.49. The van der Waals surface area contributed by atoms with Crippen molar-refractivity contribution < 1.29 is 0 Å². The maximum atomic E-state index is 5.96. The zero-order valence-electron chi connectivity index (χ0n) is 8.04. The minimum absolute atomic E-state index is 0.891. The Morgan fingerprint density at radius 1 is 1.14 bits per heavy atom. The van der Waals surface area contributed by atoms with Crippen molar-refractivity contribution >= 4 is 11.6 Å². The highest BCUT2D eigenvalue weighted by atomic mass is 35.5. The number of rotatable bonds is 2. The molecule has 0 spiro atoms. The van der Waals surface area contributed by atoms with Crippen molar-refractivity contribution in [3.8, 4) is 0 Å². The van der Waals surface area contributed by atoms with E-state index in [2.05, 4.69) is 36.4 Å². The van der Waals surface area contributed by atoms with E-state index in [1.54, 1.807) is 0 Å². The third-order valence-corrected chi connectivity index (χ3v) is 2.68. The van der Waals surface area contributed by atoms with Crippen LogP contribution in [0.3, 0.4) is 0 Å². The number of hydrogen-bond donors (Lipinski definition) is 0. The van der Waals surface area contributed by atoms with Crippen LogP contribution < -0.4 is 0 Å². The van der Waals surface area contributed by atoms with Crippen LogP contribution in [0, 0.1) is 0 Å². The van der Waals surface area contributed by atoms with Crippen LogP contribution in [0.5, 0.6) is 0 Å². The van der Waals surface area contributed by atoms with Gasteiger partial charge in [0, 0.05) is 5.03 Å². The van der Waals surface area contributed by atoms with Crippen molar-refractivity contribution in [2.75, 3.05) is 0 Å². The van der Waals surface area contributed by atoms with Crippen LogP contribution in [-0.4, -0.2) is 0 Å². The van der Waals surface area contributed by atoms with Crippen molar-refractivity contribution in [3.05, 3.63) is 58.7 Å². The summed E-state index contributed by atoms with van der Waals surface area (Å²) in [6, 6.07) is 10.5. The van der Waals surface area contributed by atoms with Crippen LogP contribution >= 0.6 is 11.6 Å². The molecule has 0 saturated carbocycles. The molecule has 0 aliphatic heterocycles. The molecule has 0 aromatic heterocycles. The summed E-state index contributed by atoms with van der Waals surface area (Å²) >= 11 is 5.96. The van der Waals surface area contributed by atoms with E-state index >= 15 is 0 Å². The lowest BCUT2D eigenvalue weighted by Crippen LogP contribution is -1.94. The zero-order valence-corrected chi connectivity index (χ0v) is 8.80. The van der Waals surface area contributed by atoms with E-state index in [0.717, 1.165) is 24.3 Å². The maximum absolute atomic E-state index is 5.96. The molecular weight excluding hydrogens is 192 g/mol. The monoisotopic (exact) mass is 204 g/mol. The molecule has 1 aromatic rings. The first-order chi connectivity index (χ1) is 6.84. The fourth-order valence-corrected chi connectivity index (χ4v) is 1.98. The van der Waals surface area contributed by atoms with Crippen molar-refractivity contribution in [1.29, 1.82) is 0 Å². The number of allylic oxidation sites excluding steroid dienone is 4. The Hall–Kier alpha value is -1.01. The SMILES string of the molecule is ClC1=CCCC(Cc2ccccc2)=C1. The number of hydrogen-bond acceptors (Lipinski definition) is 0. The summed E-state index contributed by atoms with van der Waals surface area (Å²) in [6.45, 7) is 0. The van der Waals surface area contributed by atoms with Gasteiger partial charge in [-0.25, -0.2) is 0 Å². The molecule has 0 fully saturated rings. The van der Waals surface area contributed by atoms with Gasteiger partial charge in [0.05, 0.1) is 0 Å². The highest BCUT2D eigenvalue weighted by Crippen LogP contribution is 2.22. The second-order valence-electron chi connectivity index (χ2n) is 3.59. The van der Waals surface area contributed by atoms with Gasteiger partial charge in [-0.05, 0) is 30.9 Å². The molecule has 1 aliphatic carbocycles. The van der Waals surface area contributed by atoms with Crippen molar-refractivity contribution in [2.45, 2.75) is 19.3 Å². The largest absolute Gasteiger partial charge is 0.0847 e. The van der Waals surface area contributed by atoms with E-state index in [-0.39, 0.29) is 0 Å². The Balaban J connectivity index is 2.09. The van der Waals surface area contributed by atoms with Crippen molar-refractivity contribution in [3.63, 3.8) is 0 Å². The van der Waals surface area contributed by atoms with Crippen LogP contribution in [0.1, 0.15) is 18.4 Å². The Morgan fingerprint density at radius 3 is 2.64 bits per heavy atom. The molecule has 0 heterocycles. The van der Waals surface area contributed by atoms with Crippen LogP contribution in [0.4, 0.5) is 0 Å². The van der Waals surface area contributed by atoms with E-state index in [1.807, 2.05) is 6.07 Å².